The van der Waals surface area contributed by atoms with Gasteiger partial charge >= 0.3 is 0 Å². The van der Waals surface area contributed by atoms with Gasteiger partial charge in [0.05, 0.1) is 5.75 Å². The Balaban J connectivity index is 2.22. The highest BCUT2D eigenvalue weighted by Gasteiger charge is 2.19. The van der Waals surface area contributed by atoms with Gasteiger partial charge in [-0.05, 0) is 25.5 Å². The topological polar surface area (TPSA) is 83.0 Å². The van der Waals surface area contributed by atoms with Crippen LogP contribution in [0.3, 0.4) is 0 Å². The fourth-order valence-electron chi connectivity index (χ4n) is 2.08. The molecule has 1 atom stereocenters. The summed E-state index contributed by atoms with van der Waals surface area (Å²) in [6, 6.07) is 7.80. The number of aryl methyl sites for hydroxylation is 1. The highest BCUT2D eigenvalue weighted by Crippen LogP contribution is 2.26. The average molecular weight is 332 g/mol. The number of amides is 1. The lowest BCUT2D eigenvalue weighted by Gasteiger charge is -2.17. The van der Waals surface area contributed by atoms with Crippen molar-refractivity contribution in [2.24, 2.45) is 5.73 Å². The van der Waals surface area contributed by atoms with Gasteiger partial charge in [0.25, 0.3) is 0 Å². The second-order valence-corrected chi connectivity index (χ2v) is 5.96. The molecule has 1 aromatic heterocycles. The molecule has 7 heteroatoms. The van der Waals surface area contributed by atoms with Gasteiger partial charge < -0.3 is 10.5 Å². The molecule has 6 nitrogen and oxygen atoms in total. The Labute approximate surface area is 139 Å². The van der Waals surface area contributed by atoms with E-state index in [0.717, 1.165) is 11.3 Å². The standard InChI is InChI=1S/C16H20N4O2S/c1-4-9-20-15(18-19-16(20)23-10-14(17)21)12(3)22-13-8-6-5-7-11(13)2/h4-8,12H,1,9-10H2,2-3H3,(H2,17,21). The third kappa shape index (κ3) is 4.35. The van der Waals surface area contributed by atoms with Gasteiger partial charge in [0.1, 0.15) is 5.75 Å². The van der Waals surface area contributed by atoms with Gasteiger partial charge in [0.2, 0.25) is 5.91 Å². The van der Waals surface area contributed by atoms with Crippen LogP contribution in [-0.2, 0) is 11.3 Å². The van der Waals surface area contributed by atoms with E-state index in [1.807, 2.05) is 42.7 Å². The first kappa shape index (κ1) is 17.1. The molecule has 2 N–H and O–H groups in total. The number of hydrogen-bond acceptors (Lipinski definition) is 5. The van der Waals surface area contributed by atoms with Crippen LogP contribution in [0.1, 0.15) is 24.4 Å². The molecular weight excluding hydrogens is 312 g/mol. The van der Waals surface area contributed by atoms with Crippen molar-refractivity contribution in [2.75, 3.05) is 5.75 Å². The number of ether oxygens (including phenoxy) is 1. The molecule has 0 radical (unpaired) electrons. The van der Waals surface area contributed by atoms with E-state index in [2.05, 4.69) is 16.8 Å². The number of nitrogens with two attached hydrogens (primary N) is 1. The number of allylic oxidation sites excluding steroid dienone is 1. The van der Waals surface area contributed by atoms with Crippen LogP contribution in [0, 0.1) is 6.92 Å². The molecule has 0 bridgehead atoms. The lowest BCUT2D eigenvalue weighted by Crippen LogP contribution is -2.15. The van der Waals surface area contributed by atoms with Gasteiger partial charge in [0, 0.05) is 6.54 Å². The van der Waals surface area contributed by atoms with Crippen molar-refractivity contribution in [3.63, 3.8) is 0 Å². The van der Waals surface area contributed by atoms with Crippen molar-refractivity contribution < 1.29 is 9.53 Å². The first-order valence-corrected chi connectivity index (χ1v) is 8.19. The summed E-state index contributed by atoms with van der Waals surface area (Å²) < 4.78 is 7.88. The largest absolute Gasteiger partial charge is 0.482 e. The average Bonchev–Trinajstić information content (AvgIpc) is 2.91. The summed E-state index contributed by atoms with van der Waals surface area (Å²) in [5, 5.41) is 8.96. The van der Waals surface area contributed by atoms with E-state index in [1.54, 1.807) is 6.08 Å². The fourth-order valence-corrected chi connectivity index (χ4v) is 2.77. The highest BCUT2D eigenvalue weighted by atomic mass is 32.2. The summed E-state index contributed by atoms with van der Waals surface area (Å²) in [7, 11) is 0. The van der Waals surface area contributed by atoms with Gasteiger partial charge in [-0.2, -0.15) is 0 Å². The van der Waals surface area contributed by atoms with Crippen molar-refractivity contribution in [2.45, 2.75) is 31.7 Å². The Morgan fingerprint density at radius 2 is 2.22 bits per heavy atom. The van der Waals surface area contributed by atoms with Gasteiger partial charge in [-0.3, -0.25) is 9.36 Å². The molecule has 1 aromatic carbocycles. The Morgan fingerprint density at radius 1 is 1.48 bits per heavy atom. The summed E-state index contributed by atoms with van der Waals surface area (Å²) in [6.07, 6.45) is 1.47. The smallest absolute Gasteiger partial charge is 0.227 e. The number of carbonyl (C=O) groups excluding carboxylic acids is 1. The van der Waals surface area contributed by atoms with Crippen LogP contribution in [-0.4, -0.2) is 26.4 Å². The number of hydrogen-bond donors (Lipinski definition) is 1. The SMILES string of the molecule is C=CCn1c(SCC(N)=O)nnc1C(C)Oc1ccccc1C. The zero-order chi connectivity index (χ0) is 16.8. The number of benzene rings is 1. The summed E-state index contributed by atoms with van der Waals surface area (Å²) in [5.41, 5.74) is 6.24. The first-order valence-electron chi connectivity index (χ1n) is 7.20. The normalized spacial score (nSPS) is 11.9. The van der Waals surface area contributed by atoms with Crippen molar-refractivity contribution >= 4 is 17.7 Å². The molecule has 0 spiro atoms. The molecule has 0 aliphatic heterocycles. The first-order chi connectivity index (χ1) is 11.0. The van der Waals surface area contributed by atoms with Crippen LogP contribution in [0.2, 0.25) is 0 Å². The van der Waals surface area contributed by atoms with Crippen LogP contribution in [0.15, 0.2) is 42.1 Å². The number of nitrogens with zero attached hydrogens (tertiary/aromatic N) is 3. The lowest BCUT2D eigenvalue weighted by molar-refractivity contribution is -0.115. The van der Waals surface area contributed by atoms with Crippen molar-refractivity contribution in [1.82, 2.24) is 14.8 Å². The molecule has 0 fully saturated rings. The van der Waals surface area contributed by atoms with Crippen molar-refractivity contribution in [3.05, 3.63) is 48.3 Å². The lowest BCUT2D eigenvalue weighted by atomic mass is 10.2. The third-order valence-corrected chi connectivity index (χ3v) is 4.15. The predicted molar refractivity (Wildman–Crippen MR) is 90.4 cm³/mol. The molecule has 1 amide bonds. The van der Waals surface area contributed by atoms with Crippen LogP contribution in [0.5, 0.6) is 5.75 Å². The predicted octanol–water partition coefficient (Wildman–Crippen LogP) is 2.49. The number of primary amides is 1. The van der Waals surface area contributed by atoms with Crippen LogP contribution < -0.4 is 10.5 Å². The van der Waals surface area contributed by atoms with E-state index in [0.29, 0.717) is 17.5 Å². The summed E-state index contributed by atoms with van der Waals surface area (Å²) >= 11 is 1.25. The maximum absolute atomic E-state index is 11.0. The van der Waals surface area contributed by atoms with E-state index >= 15 is 0 Å². The quantitative estimate of drug-likeness (QED) is 0.593. The molecule has 2 aromatic rings. The van der Waals surface area contributed by atoms with E-state index in [4.69, 9.17) is 10.5 Å². The Morgan fingerprint density at radius 3 is 2.87 bits per heavy atom. The minimum Gasteiger partial charge on any atom is -0.482 e. The molecule has 1 unspecified atom stereocenters. The summed E-state index contributed by atoms with van der Waals surface area (Å²) in [4.78, 5) is 11.0. The molecule has 0 saturated heterocycles. The second-order valence-electron chi connectivity index (χ2n) is 5.02. The molecule has 1 heterocycles. The monoisotopic (exact) mass is 332 g/mol. The zero-order valence-electron chi connectivity index (χ0n) is 13.2. The van der Waals surface area contributed by atoms with Gasteiger partial charge in [-0.25, -0.2) is 0 Å². The van der Waals surface area contributed by atoms with Gasteiger partial charge in [-0.1, -0.05) is 36.0 Å². The van der Waals surface area contributed by atoms with Crippen LogP contribution >= 0.6 is 11.8 Å². The Bertz CT molecular complexity index is 699. The van der Waals surface area contributed by atoms with Gasteiger partial charge in [-0.15, -0.1) is 16.8 Å². The van der Waals surface area contributed by atoms with E-state index in [9.17, 15) is 4.79 Å². The molecule has 0 aliphatic rings. The summed E-state index contributed by atoms with van der Waals surface area (Å²) in [5.74, 6) is 1.25. The van der Waals surface area contributed by atoms with Gasteiger partial charge in [0.15, 0.2) is 17.1 Å². The number of aromatic nitrogens is 3. The van der Waals surface area contributed by atoms with Crippen LogP contribution in [0.25, 0.3) is 0 Å². The Kier molecular flexibility index (Phi) is 5.81. The maximum Gasteiger partial charge on any atom is 0.227 e. The number of rotatable bonds is 8. The summed E-state index contributed by atoms with van der Waals surface area (Å²) in [6.45, 7) is 8.19. The van der Waals surface area contributed by atoms with E-state index < -0.39 is 5.91 Å². The minimum atomic E-state index is -0.395. The fraction of sp³-hybridized carbons (Fsp3) is 0.312. The second kappa shape index (κ2) is 7.82. The zero-order valence-corrected chi connectivity index (χ0v) is 14.0. The highest BCUT2D eigenvalue weighted by molar-refractivity contribution is 7.99. The Hall–Kier alpha value is -2.28. The maximum atomic E-state index is 11.0. The minimum absolute atomic E-state index is 0.155. The number of carbonyl (C=O) groups is 1. The number of para-hydroxylation sites is 1. The molecule has 2 rings (SSSR count). The number of thioether (sulfide) groups is 1. The van der Waals surface area contributed by atoms with Crippen molar-refractivity contribution in [1.29, 1.82) is 0 Å². The molecule has 122 valence electrons. The third-order valence-electron chi connectivity index (χ3n) is 3.16. The van der Waals surface area contributed by atoms with E-state index in [1.165, 1.54) is 11.8 Å². The van der Waals surface area contributed by atoms with E-state index in [-0.39, 0.29) is 11.9 Å². The molecule has 23 heavy (non-hydrogen) atoms. The molecule has 0 aliphatic carbocycles. The molecule has 0 saturated carbocycles. The van der Waals surface area contributed by atoms with Crippen molar-refractivity contribution in [3.8, 4) is 5.75 Å². The molecular formula is C16H20N4O2S. The van der Waals surface area contributed by atoms with Crippen LogP contribution in [0.4, 0.5) is 0 Å².